The molecule has 2 aliphatic heterocycles. The molecule has 3 aromatic heterocycles. The molecule has 1 N–H and O–H groups in total. The number of hydrogen-bond acceptors (Lipinski definition) is 3. The van der Waals surface area contributed by atoms with E-state index in [1.165, 1.54) is 0 Å². The Hall–Kier alpha value is -4.39. The summed E-state index contributed by atoms with van der Waals surface area (Å²) in [5.74, 6) is -0.130. The number of rotatable bonds is 4. The van der Waals surface area contributed by atoms with Gasteiger partial charge < -0.3 is 15.3 Å². The van der Waals surface area contributed by atoms with Gasteiger partial charge in [0, 0.05) is 16.6 Å². The van der Waals surface area contributed by atoms with Gasteiger partial charge in [0.2, 0.25) is 0 Å². The van der Waals surface area contributed by atoms with Crippen LogP contribution in [0.15, 0.2) is 95.5 Å². The van der Waals surface area contributed by atoms with E-state index in [0.717, 1.165) is 66.0 Å². The summed E-state index contributed by atoms with van der Waals surface area (Å²) in [6, 6.07) is 29.3. The summed E-state index contributed by atoms with van der Waals surface area (Å²) in [5, 5.41) is 3.00. The molecule has 198 valence electrons. The molecule has 0 atom stereocenters. The van der Waals surface area contributed by atoms with E-state index in [-0.39, 0.29) is 25.4 Å². The first-order valence-electron chi connectivity index (χ1n) is 13.2. The minimum atomic E-state index is -0.130. The maximum atomic E-state index is 12.9. The fourth-order valence-corrected chi connectivity index (χ4v) is 5.13. The number of carbonyl (C=O) groups excluding carboxylic acids is 1. The molecule has 5 heterocycles. The summed E-state index contributed by atoms with van der Waals surface area (Å²) >= 11 is 3.44. The van der Waals surface area contributed by atoms with Gasteiger partial charge in [-0.15, -0.1) is 22.1 Å². The van der Waals surface area contributed by atoms with Gasteiger partial charge in [-0.3, -0.25) is 4.79 Å². The summed E-state index contributed by atoms with van der Waals surface area (Å²) in [6.45, 7) is 0.455. The minimum Gasteiger partial charge on any atom is -0.658 e. The smallest absolute Gasteiger partial charge is 0.658 e. The van der Waals surface area contributed by atoms with Crippen molar-refractivity contribution in [2.45, 2.75) is 6.54 Å². The number of fused-ring (bicyclic) bond motifs is 8. The molecule has 0 spiro atoms. The Morgan fingerprint density at radius 3 is 1.98 bits per heavy atom. The third kappa shape index (κ3) is 5.96. The number of halogens is 1. The van der Waals surface area contributed by atoms with Crippen molar-refractivity contribution in [1.82, 2.24) is 25.3 Å². The molecule has 6 nitrogen and oxygen atoms in total. The first-order valence-corrected chi connectivity index (χ1v) is 13.9. The van der Waals surface area contributed by atoms with Crippen LogP contribution in [-0.2, 0) is 26.0 Å². The third-order valence-electron chi connectivity index (χ3n) is 6.89. The van der Waals surface area contributed by atoms with Crippen molar-refractivity contribution in [1.29, 1.82) is 0 Å². The number of hydrogen-bond donors (Lipinski definition) is 1. The number of nitrogens with zero attached hydrogens (tertiary/aromatic N) is 4. The Labute approximate surface area is 263 Å². The molecule has 0 aliphatic carbocycles. The van der Waals surface area contributed by atoms with Crippen LogP contribution in [0.25, 0.3) is 57.5 Å². The van der Waals surface area contributed by atoms with E-state index >= 15 is 0 Å². The third-order valence-corrected chi connectivity index (χ3v) is 7.42. The Balaban J connectivity index is 0.00000316. The molecule has 0 unspecified atom stereocenters. The number of carbonyl (C=O) groups is 1. The topological polar surface area (TPSA) is 83.1 Å². The van der Waals surface area contributed by atoms with Crippen LogP contribution in [-0.4, -0.2) is 15.9 Å². The molecule has 0 radical (unpaired) electrons. The summed E-state index contributed by atoms with van der Waals surface area (Å²) in [4.78, 5) is 32.1. The molecule has 7 rings (SSSR count). The van der Waals surface area contributed by atoms with Crippen LogP contribution in [0, 0.1) is 0 Å². The van der Waals surface area contributed by atoms with Gasteiger partial charge in [0.05, 0.1) is 22.8 Å². The number of benzene rings is 2. The zero-order valence-corrected chi connectivity index (χ0v) is 27.0. The van der Waals surface area contributed by atoms with Crippen molar-refractivity contribution in [3.63, 3.8) is 0 Å². The van der Waals surface area contributed by atoms with Gasteiger partial charge in [-0.2, -0.15) is 0 Å². The van der Waals surface area contributed by atoms with Crippen molar-refractivity contribution in [3.05, 3.63) is 129 Å². The predicted molar refractivity (Wildman–Crippen MR) is 168 cm³/mol. The van der Waals surface area contributed by atoms with Crippen molar-refractivity contribution in [2.24, 2.45) is 0 Å². The van der Waals surface area contributed by atoms with Crippen LogP contribution >= 0.6 is 15.9 Å². The van der Waals surface area contributed by atoms with Gasteiger partial charge in [-0.25, -0.2) is 9.97 Å². The van der Waals surface area contributed by atoms with Crippen LogP contribution < -0.4 is 15.3 Å². The van der Waals surface area contributed by atoms with Crippen molar-refractivity contribution >= 4 is 68.2 Å². The van der Waals surface area contributed by atoms with Crippen LogP contribution in [0.3, 0.4) is 0 Å². The van der Waals surface area contributed by atoms with Crippen LogP contribution in [0.2, 0.25) is 0 Å². The average molecular weight is 662 g/mol. The molecular weight excluding hydrogens is 640 g/mol. The minimum absolute atomic E-state index is 0. The van der Waals surface area contributed by atoms with Gasteiger partial charge in [0.15, 0.2) is 0 Å². The monoisotopic (exact) mass is 659 g/mol. The Kier molecular flexibility index (Phi) is 7.83. The fourth-order valence-electron chi connectivity index (χ4n) is 4.86. The average Bonchev–Trinajstić information content (AvgIpc) is 3.80. The van der Waals surface area contributed by atoms with E-state index < -0.39 is 0 Å². The molecular formula is C34H22BrN5OZn. The van der Waals surface area contributed by atoms with E-state index in [9.17, 15) is 4.79 Å². The van der Waals surface area contributed by atoms with E-state index in [2.05, 4.69) is 21.2 Å². The quantitative estimate of drug-likeness (QED) is 0.201. The van der Waals surface area contributed by atoms with Gasteiger partial charge >= 0.3 is 19.5 Å². The standard InChI is InChI=1S/C34H23BrN5O.Zn/c35-24-7-1-21(2-8-24)20-36-34(41)23-5-3-22(4-6-23)33-31-15-13-29(39-31)18-27-11-9-25(37-27)17-26-10-12-28(38-26)19-30-14-16-32(33)40-30;/h1-19H,20H2,(H2-,36,37,38,39,40,41);/q-1;+2/p-1. The summed E-state index contributed by atoms with van der Waals surface area (Å²) in [7, 11) is 0. The normalized spacial score (nSPS) is 11.7. The second-order valence-electron chi connectivity index (χ2n) is 9.79. The van der Waals surface area contributed by atoms with E-state index in [1.54, 1.807) is 0 Å². The Bertz CT molecular complexity index is 2020. The second-order valence-corrected chi connectivity index (χ2v) is 10.7. The van der Waals surface area contributed by atoms with Crippen molar-refractivity contribution < 1.29 is 24.3 Å². The number of nitrogens with one attached hydrogen (secondary N) is 1. The summed E-state index contributed by atoms with van der Waals surface area (Å²) in [5.41, 5.74) is 10.0. The molecule has 2 aromatic carbocycles. The molecule has 0 saturated heterocycles. The van der Waals surface area contributed by atoms with Crippen molar-refractivity contribution in [2.75, 3.05) is 0 Å². The van der Waals surface area contributed by atoms with Gasteiger partial charge in [-0.05, 0) is 65.3 Å². The van der Waals surface area contributed by atoms with Crippen LogP contribution in [0.4, 0.5) is 0 Å². The molecule has 0 saturated carbocycles. The number of aromatic nitrogens is 4. The first kappa shape index (κ1) is 27.8. The maximum Gasteiger partial charge on any atom is 2.00 e. The molecule has 2 aliphatic rings. The zero-order valence-electron chi connectivity index (χ0n) is 22.5. The molecule has 8 heteroatoms. The molecule has 42 heavy (non-hydrogen) atoms. The molecule has 5 aromatic rings. The number of amides is 1. The Morgan fingerprint density at radius 2 is 1.29 bits per heavy atom. The Morgan fingerprint density at radius 1 is 0.690 bits per heavy atom. The van der Waals surface area contributed by atoms with Gasteiger partial charge in [-0.1, -0.05) is 82.7 Å². The van der Waals surface area contributed by atoms with Crippen molar-refractivity contribution in [3.8, 4) is 11.1 Å². The fraction of sp³-hybridized carbons (Fsp3) is 0.0294. The molecule has 8 bridgehead atoms. The molecule has 1 amide bonds. The van der Waals surface area contributed by atoms with E-state index in [4.69, 9.17) is 19.9 Å². The SMILES string of the molecule is O=C(NCc1ccc(Br)cc1)c1ccc(-c2c3nc(cc4ccc(cc5nc(cc6ccc2[n-]6)C=C5)[n-]4)C=C3)cc1.[Zn+2]. The summed E-state index contributed by atoms with van der Waals surface area (Å²) in [6.07, 6.45) is 7.93. The second kappa shape index (κ2) is 11.8. The molecule has 0 fully saturated rings. The van der Waals surface area contributed by atoms with Crippen LogP contribution in [0.1, 0.15) is 38.7 Å². The zero-order chi connectivity index (χ0) is 27.8. The van der Waals surface area contributed by atoms with E-state index in [0.29, 0.717) is 12.1 Å². The maximum absolute atomic E-state index is 12.9. The van der Waals surface area contributed by atoms with Crippen LogP contribution in [0.5, 0.6) is 0 Å². The summed E-state index contributed by atoms with van der Waals surface area (Å²) < 4.78 is 1.00. The largest absolute Gasteiger partial charge is 2.00 e. The van der Waals surface area contributed by atoms with Gasteiger partial charge in [0.25, 0.3) is 5.91 Å². The first-order chi connectivity index (χ1) is 20.1. The predicted octanol–water partition coefficient (Wildman–Crippen LogP) is 7.27. The van der Waals surface area contributed by atoms with E-state index in [1.807, 2.05) is 115 Å². The van der Waals surface area contributed by atoms with Gasteiger partial charge in [0.1, 0.15) is 0 Å².